The van der Waals surface area contributed by atoms with Crippen molar-refractivity contribution < 1.29 is 27.8 Å². The number of nitrogens with one attached hydrogen (secondary N) is 1. The third-order valence-electron chi connectivity index (χ3n) is 4.80. The summed E-state index contributed by atoms with van der Waals surface area (Å²) in [4.78, 5) is 13.2. The average Bonchev–Trinajstić information content (AvgIpc) is 3.13. The fourth-order valence-corrected chi connectivity index (χ4v) is 4.02. The van der Waals surface area contributed by atoms with E-state index in [0.29, 0.717) is 15.6 Å². The summed E-state index contributed by atoms with van der Waals surface area (Å²) in [6.07, 6.45) is -2.39. The average molecular weight is 576 g/mol. The molecule has 3 aromatic rings. The zero-order chi connectivity index (χ0) is 28.4. The Bertz CT molecular complexity index is 1400. The lowest BCUT2D eigenvalue weighted by atomic mass is 10.1. The van der Waals surface area contributed by atoms with Gasteiger partial charge in [-0.2, -0.15) is 5.10 Å². The molecule has 1 amide bonds. The topological polar surface area (TPSA) is 50.2 Å². The van der Waals surface area contributed by atoms with E-state index in [1.165, 1.54) is 29.8 Å². The molecule has 0 spiro atoms. The van der Waals surface area contributed by atoms with Crippen molar-refractivity contribution in [3.8, 4) is 16.9 Å². The maximum Gasteiger partial charge on any atom is 0.286 e. The number of benzene rings is 2. The number of aromatic nitrogens is 2. The van der Waals surface area contributed by atoms with Crippen LogP contribution in [0.3, 0.4) is 0 Å². The van der Waals surface area contributed by atoms with Gasteiger partial charge < -0.3 is 0 Å². The van der Waals surface area contributed by atoms with E-state index in [4.69, 9.17) is 40.3 Å². The summed E-state index contributed by atoms with van der Waals surface area (Å²) in [5.74, 6) is -10.8. The van der Waals surface area contributed by atoms with Gasteiger partial charge in [-0.3, -0.25) is 10.2 Å². The van der Waals surface area contributed by atoms with Gasteiger partial charge in [-0.25, -0.2) is 27.3 Å². The van der Waals surface area contributed by atoms with Crippen molar-refractivity contribution in [1.29, 1.82) is 0 Å². The molecule has 1 aromatic heterocycles. The fraction of sp³-hybridized carbons (Fsp3) is 0.273. The molecule has 2 aromatic carbocycles. The van der Waals surface area contributed by atoms with Gasteiger partial charge in [0.05, 0.1) is 41.3 Å². The summed E-state index contributed by atoms with van der Waals surface area (Å²) in [5.41, 5.74) is 2.19. The third-order valence-corrected chi connectivity index (χ3v) is 5.59. The second-order valence-corrected chi connectivity index (χ2v) is 8.70. The SMILES string of the molecule is Cl.[2H]C1([2H])N(NC(=O)c2nn(-c3ccc(Cl)cc3Cl)c(-c3ccc(Cl)cc3)c2C)C([2H])([2H])C(F)(F)CC1(F)F. The van der Waals surface area contributed by atoms with Gasteiger partial charge in [0.2, 0.25) is 0 Å². The Morgan fingerprint density at radius 1 is 1.03 bits per heavy atom. The van der Waals surface area contributed by atoms with Crippen LogP contribution in [0.1, 0.15) is 28.0 Å². The van der Waals surface area contributed by atoms with Crippen LogP contribution in [0.25, 0.3) is 16.9 Å². The van der Waals surface area contributed by atoms with Crippen molar-refractivity contribution >= 4 is 53.1 Å². The van der Waals surface area contributed by atoms with Gasteiger partial charge in [0.15, 0.2) is 5.69 Å². The second kappa shape index (κ2) is 10.1. The smallest absolute Gasteiger partial charge is 0.283 e. The van der Waals surface area contributed by atoms with E-state index in [9.17, 15) is 22.4 Å². The molecule has 188 valence electrons. The normalized spacial score (nSPS) is 21.6. The summed E-state index contributed by atoms with van der Waals surface area (Å²) < 4.78 is 89.4. The molecule has 13 heteroatoms. The lowest BCUT2D eigenvalue weighted by Gasteiger charge is -2.36. The number of hydrogen-bond donors (Lipinski definition) is 1. The summed E-state index contributed by atoms with van der Waals surface area (Å²) in [5, 5.41) is 4.32. The number of carbonyl (C=O) groups is 1. The number of piperidine rings is 1. The van der Waals surface area contributed by atoms with Gasteiger partial charge in [-0.15, -0.1) is 12.4 Å². The quantitative estimate of drug-likeness (QED) is 0.346. The number of amides is 1. The highest BCUT2D eigenvalue weighted by Gasteiger charge is 2.50. The van der Waals surface area contributed by atoms with Gasteiger partial charge in [0.1, 0.15) is 0 Å². The molecule has 0 unspecified atom stereocenters. The molecule has 1 saturated heterocycles. The maximum atomic E-state index is 14.4. The predicted molar refractivity (Wildman–Crippen MR) is 130 cm³/mol. The van der Waals surface area contributed by atoms with Crippen LogP contribution in [0.4, 0.5) is 17.6 Å². The van der Waals surface area contributed by atoms with Crippen LogP contribution < -0.4 is 5.43 Å². The first-order chi connectivity index (χ1) is 17.4. The largest absolute Gasteiger partial charge is 0.286 e. The predicted octanol–water partition coefficient (Wildman–Crippen LogP) is 6.85. The number of carbonyl (C=O) groups excluding carboxylic acids is 1. The van der Waals surface area contributed by atoms with Crippen molar-refractivity contribution in [3.63, 3.8) is 0 Å². The molecule has 1 aliphatic heterocycles. The monoisotopic (exact) mass is 574 g/mol. The van der Waals surface area contributed by atoms with Crippen LogP contribution in [-0.4, -0.2) is 45.5 Å². The number of halogens is 8. The Morgan fingerprint density at radius 2 is 1.60 bits per heavy atom. The van der Waals surface area contributed by atoms with Crippen LogP contribution in [0.5, 0.6) is 0 Å². The zero-order valence-corrected chi connectivity index (χ0v) is 20.6. The summed E-state index contributed by atoms with van der Waals surface area (Å²) in [7, 11) is 0. The van der Waals surface area contributed by atoms with Gasteiger partial charge >= 0.3 is 0 Å². The molecule has 35 heavy (non-hydrogen) atoms. The van der Waals surface area contributed by atoms with Crippen molar-refractivity contribution in [1.82, 2.24) is 20.2 Å². The molecular formula is C22H18Cl4F4N4O. The Balaban J connectivity index is 0.00000420. The molecule has 2 heterocycles. The van der Waals surface area contributed by atoms with E-state index in [0.717, 1.165) is 0 Å². The lowest BCUT2D eigenvalue weighted by molar-refractivity contribution is -0.178. The van der Waals surface area contributed by atoms with Crippen molar-refractivity contribution in [2.24, 2.45) is 0 Å². The summed E-state index contributed by atoms with van der Waals surface area (Å²) in [6, 6.07) is 10.7. The molecular weight excluding hydrogens is 554 g/mol. The van der Waals surface area contributed by atoms with Crippen LogP contribution in [-0.2, 0) is 0 Å². The molecule has 4 rings (SSSR count). The van der Waals surface area contributed by atoms with Gasteiger partial charge in [0.25, 0.3) is 17.8 Å². The lowest BCUT2D eigenvalue weighted by Crippen LogP contribution is -2.58. The molecule has 1 N–H and O–H groups in total. The van der Waals surface area contributed by atoms with Crippen LogP contribution in [0, 0.1) is 6.92 Å². The van der Waals surface area contributed by atoms with Gasteiger partial charge in [-0.05, 0) is 37.3 Å². The van der Waals surface area contributed by atoms with Crippen molar-refractivity contribution in [3.05, 3.63) is 68.8 Å². The minimum absolute atomic E-state index is 0. The molecule has 1 fully saturated rings. The van der Waals surface area contributed by atoms with Gasteiger partial charge in [-0.1, -0.05) is 46.9 Å². The standard InChI is InChI=1S/C22H17Cl3F4N4O.ClH/c1-12-18(20(34)31-32-10-21(26,27)9-22(28,29)11-32)30-33(17-7-6-15(24)8-16(17)25)19(12)13-2-4-14(23)5-3-13;/h2-8H,9-11H2,1H3,(H,31,34);1H/i10D2,11D2;. The van der Waals surface area contributed by atoms with E-state index < -0.39 is 47.9 Å². The molecule has 5 nitrogen and oxygen atoms in total. The van der Waals surface area contributed by atoms with Crippen molar-refractivity contribution in [2.75, 3.05) is 13.0 Å². The molecule has 0 radical (unpaired) electrons. The van der Waals surface area contributed by atoms with Crippen LogP contribution >= 0.6 is 47.2 Å². The Hall–Kier alpha value is -2.04. The Kier molecular flexibility index (Phi) is 6.43. The van der Waals surface area contributed by atoms with E-state index in [1.54, 1.807) is 29.7 Å². The van der Waals surface area contributed by atoms with E-state index in [1.807, 2.05) is 0 Å². The summed E-state index contributed by atoms with van der Waals surface area (Å²) >= 11 is 18.3. The highest BCUT2D eigenvalue weighted by Crippen LogP contribution is 2.36. The highest BCUT2D eigenvalue weighted by molar-refractivity contribution is 6.35. The number of hydrazine groups is 1. The first-order valence-electron chi connectivity index (χ1n) is 11.6. The van der Waals surface area contributed by atoms with E-state index in [2.05, 4.69) is 5.10 Å². The molecule has 0 saturated carbocycles. The number of rotatable bonds is 4. The second-order valence-electron chi connectivity index (χ2n) is 7.42. The molecule has 0 bridgehead atoms. The van der Waals surface area contributed by atoms with E-state index in [-0.39, 0.29) is 34.4 Å². The van der Waals surface area contributed by atoms with Gasteiger partial charge in [0, 0.05) is 21.2 Å². The maximum absolute atomic E-state index is 14.4. The highest BCUT2D eigenvalue weighted by atomic mass is 35.5. The Morgan fingerprint density at radius 3 is 2.17 bits per heavy atom. The fourth-order valence-electron chi connectivity index (χ4n) is 3.41. The minimum atomic E-state index is -4.71. The van der Waals surface area contributed by atoms with Crippen LogP contribution in [0.2, 0.25) is 15.1 Å². The number of alkyl halides is 4. The number of hydrogen-bond acceptors (Lipinski definition) is 3. The number of nitrogens with zero attached hydrogens (tertiary/aromatic N) is 3. The summed E-state index contributed by atoms with van der Waals surface area (Å²) in [6.45, 7) is -6.60. The minimum Gasteiger partial charge on any atom is -0.283 e. The molecule has 0 atom stereocenters. The molecule has 0 aliphatic carbocycles. The first kappa shape index (κ1) is 22.2. The first-order valence-corrected chi connectivity index (χ1v) is 10.7. The molecule has 1 aliphatic rings. The van der Waals surface area contributed by atoms with E-state index >= 15 is 0 Å². The van der Waals surface area contributed by atoms with Crippen LogP contribution in [0.15, 0.2) is 42.5 Å². The zero-order valence-electron chi connectivity index (χ0n) is 21.6. The Labute approximate surface area is 224 Å². The third kappa shape index (κ3) is 6.03. The van der Waals surface area contributed by atoms with Crippen molar-refractivity contribution in [2.45, 2.75) is 25.2 Å².